The number of hydrogen-bond donors (Lipinski definition) is 1. The predicted molar refractivity (Wildman–Crippen MR) is 98.7 cm³/mol. The summed E-state index contributed by atoms with van der Waals surface area (Å²) in [6.07, 6.45) is 1.90. The van der Waals surface area contributed by atoms with Crippen molar-refractivity contribution >= 4 is 28.8 Å². The Morgan fingerprint density at radius 1 is 1.09 bits per heavy atom. The molecule has 0 saturated carbocycles. The van der Waals surface area contributed by atoms with Gasteiger partial charge >= 0.3 is 0 Å². The predicted octanol–water partition coefficient (Wildman–Crippen LogP) is 4.54. The number of nitrogens with zero attached hydrogens (tertiary/aromatic N) is 3. The molecule has 1 N–H and O–H groups in total. The fraction of sp³-hybridized carbons (Fsp3) is 0.278. The van der Waals surface area contributed by atoms with Gasteiger partial charge in [0.1, 0.15) is 17.2 Å². The lowest BCUT2D eigenvalue weighted by molar-refractivity contribution is 0.885. The maximum absolute atomic E-state index is 6.16. The minimum atomic E-state index is 0.300. The van der Waals surface area contributed by atoms with Crippen molar-refractivity contribution in [1.29, 1.82) is 0 Å². The molecule has 0 amide bonds. The molecule has 1 aromatic carbocycles. The van der Waals surface area contributed by atoms with Crippen LogP contribution in [0.1, 0.15) is 13.8 Å². The number of aromatic nitrogens is 2. The van der Waals surface area contributed by atoms with Crippen LogP contribution in [0.5, 0.6) is 0 Å². The topological polar surface area (TPSA) is 32.6 Å². The second kappa shape index (κ2) is 6.13. The van der Waals surface area contributed by atoms with E-state index in [0.717, 1.165) is 22.7 Å². The molecular weight excluding hydrogens is 308 g/mol. The molecule has 3 rings (SSSR count). The Balaban J connectivity index is 2.15. The van der Waals surface area contributed by atoms with E-state index in [0.29, 0.717) is 11.1 Å². The van der Waals surface area contributed by atoms with E-state index in [2.05, 4.69) is 48.3 Å². The molecule has 0 bridgehead atoms. The third-order valence-corrected chi connectivity index (χ3v) is 3.89. The largest absolute Gasteiger partial charge is 0.378 e. The minimum Gasteiger partial charge on any atom is -0.378 e. The number of hydrogen-bond acceptors (Lipinski definition) is 3. The molecule has 0 fully saturated rings. The number of benzene rings is 1. The molecule has 0 aliphatic rings. The molecule has 0 unspecified atom stereocenters. The van der Waals surface area contributed by atoms with Crippen LogP contribution in [-0.4, -0.2) is 29.5 Å². The van der Waals surface area contributed by atoms with Crippen molar-refractivity contribution in [3.8, 4) is 11.3 Å². The summed E-state index contributed by atoms with van der Waals surface area (Å²) in [6, 6.07) is 12.5. The maximum atomic E-state index is 6.16. The van der Waals surface area contributed by atoms with Crippen molar-refractivity contribution in [1.82, 2.24) is 9.38 Å². The number of nitrogens with one attached hydrogen (secondary N) is 1. The zero-order chi connectivity index (χ0) is 16.6. The van der Waals surface area contributed by atoms with E-state index >= 15 is 0 Å². The molecule has 0 spiro atoms. The van der Waals surface area contributed by atoms with Gasteiger partial charge in [0.2, 0.25) is 0 Å². The molecule has 2 heterocycles. The summed E-state index contributed by atoms with van der Waals surface area (Å²) in [7, 11) is 4.07. The average molecular weight is 329 g/mol. The summed E-state index contributed by atoms with van der Waals surface area (Å²) in [5.41, 5.74) is 4.06. The minimum absolute atomic E-state index is 0.300. The summed E-state index contributed by atoms with van der Waals surface area (Å²) in [5.74, 6) is 0.968. The quantitative estimate of drug-likeness (QED) is 0.763. The van der Waals surface area contributed by atoms with Gasteiger partial charge in [-0.25, -0.2) is 4.98 Å². The lowest BCUT2D eigenvalue weighted by Gasteiger charge is -2.14. The molecule has 5 heteroatoms. The Kier molecular flexibility index (Phi) is 4.18. The first-order valence-corrected chi connectivity index (χ1v) is 8.05. The number of pyridine rings is 1. The van der Waals surface area contributed by atoms with Gasteiger partial charge in [-0.2, -0.15) is 0 Å². The van der Waals surface area contributed by atoms with E-state index in [9.17, 15) is 0 Å². The molecule has 2 aromatic heterocycles. The second-order valence-corrected chi connectivity index (χ2v) is 6.56. The van der Waals surface area contributed by atoms with Crippen LogP contribution in [0.15, 0.2) is 42.6 Å². The lowest BCUT2D eigenvalue weighted by atomic mass is 10.1. The van der Waals surface area contributed by atoms with Crippen molar-refractivity contribution in [2.75, 3.05) is 24.3 Å². The summed E-state index contributed by atoms with van der Waals surface area (Å²) in [5, 5.41) is 4.18. The van der Waals surface area contributed by atoms with Crippen molar-refractivity contribution in [2.24, 2.45) is 0 Å². The summed E-state index contributed by atoms with van der Waals surface area (Å²) < 4.78 is 2.01. The van der Waals surface area contributed by atoms with Gasteiger partial charge in [-0.3, -0.25) is 4.40 Å². The van der Waals surface area contributed by atoms with E-state index in [-0.39, 0.29) is 0 Å². The monoisotopic (exact) mass is 328 g/mol. The van der Waals surface area contributed by atoms with E-state index in [1.165, 1.54) is 5.69 Å². The molecule has 4 nitrogen and oxygen atoms in total. The Morgan fingerprint density at radius 3 is 2.39 bits per heavy atom. The Hall–Kier alpha value is -2.20. The number of imidazole rings is 1. The third kappa shape index (κ3) is 3.13. The standard InChI is InChI=1S/C18H21ClN4/c1-12(2)20-18-17(13-5-8-15(9-6-13)22(3)4)21-16-10-7-14(19)11-23(16)18/h5-12,20H,1-4H3. The highest BCUT2D eigenvalue weighted by Gasteiger charge is 2.15. The second-order valence-electron chi connectivity index (χ2n) is 6.12. The molecule has 0 radical (unpaired) electrons. The molecule has 0 atom stereocenters. The van der Waals surface area contributed by atoms with Crippen LogP contribution in [0.25, 0.3) is 16.9 Å². The summed E-state index contributed by atoms with van der Waals surface area (Å²) >= 11 is 6.16. The molecule has 3 aromatic rings. The fourth-order valence-electron chi connectivity index (χ4n) is 2.55. The summed E-state index contributed by atoms with van der Waals surface area (Å²) in [6.45, 7) is 4.23. The maximum Gasteiger partial charge on any atom is 0.139 e. The zero-order valence-corrected chi connectivity index (χ0v) is 14.6. The molecule has 0 saturated heterocycles. The van der Waals surface area contributed by atoms with Crippen LogP contribution in [0.2, 0.25) is 5.02 Å². The highest BCUT2D eigenvalue weighted by atomic mass is 35.5. The molecule has 120 valence electrons. The molecular formula is C18H21ClN4. The van der Waals surface area contributed by atoms with Gasteiger partial charge in [0.05, 0.1) is 5.02 Å². The highest BCUT2D eigenvalue weighted by molar-refractivity contribution is 6.30. The van der Waals surface area contributed by atoms with Crippen LogP contribution in [0.3, 0.4) is 0 Å². The lowest BCUT2D eigenvalue weighted by Crippen LogP contribution is -2.12. The van der Waals surface area contributed by atoms with Gasteiger partial charge < -0.3 is 10.2 Å². The van der Waals surface area contributed by atoms with Crippen molar-refractivity contribution in [3.63, 3.8) is 0 Å². The number of rotatable bonds is 4. The van der Waals surface area contributed by atoms with Gasteiger partial charge in [0.25, 0.3) is 0 Å². The highest BCUT2D eigenvalue weighted by Crippen LogP contribution is 2.31. The van der Waals surface area contributed by atoms with Gasteiger partial charge in [0.15, 0.2) is 0 Å². The van der Waals surface area contributed by atoms with E-state index in [1.54, 1.807) is 0 Å². The number of anilines is 2. The first-order valence-electron chi connectivity index (χ1n) is 7.67. The Bertz CT molecular complexity index is 819. The molecule has 0 aliphatic carbocycles. The van der Waals surface area contributed by atoms with E-state index in [1.807, 2.05) is 36.8 Å². The molecule has 23 heavy (non-hydrogen) atoms. The molecule has 0 aliphatic heterocycles. The SMILES string of the molecule is CC(C)Nc1c(-c2ccc(N(C)C)cc2)nc2ccc(Cl)cn12. The number of fused-ring (bicyclic) bond motifs is 1. The van der Waals surface area contributed by atoms with Crippen molar-refractivity contribution in [2.45, 2.75) is 19.9 Å². The zero-order valence-electron chi connectivity index (χ0n) is 13.8. The third-order valence-electron chi connectivity index (χ3n) is 3.66. The van der Waals surface area contributed by atoms with Crippen LogP contribution in [0, 0.1) is 0 Å². The normalized spacial score (nSPS) is 11.2. The Morgan fingerprint density at radius 2 is 1.78 bits per heavy atom. The van der Waals surface area contributed by atoms with Crippen LogP contribution >= 0.6 is 11.6 Å². The van der Waals surface area contributed by atoms with Crippen molar-refractivity contribution < 1.29 is 0 Å². The Labute approximate surface area is 141 Å². The number of halogens is 1. The van der Waals surface area contributed by atoms with Crippen LogP contribution in [0.4, 0.5) is 11.5 Å². The van der Waals surface area contributed by atoms with Crippen molar-refractivity contribution in [3.05, 3.63) is 47.6 Å². The van der Waals surface area contributed by atoms with Gasteiger partial charge in [0, 0.05) is 37.6 Å². The summed E-state index contributed by atoms with van der Waals surface area (Å²) in [4.78, 5) is 6.86. The fourth-order valence-corrected chi connectivity index (χ4v) is 2.71. The first kappa shape index (κ1) is 15.7. The smallest absolute Gasteiger partial charge is 0.139 e. The average Bonchev–Trinajstić information content (AvgIpc) is 2.85. The first-order chi connectivity index (χ1) is 11.0. The van der Waals surface area contributed by atoms with E-state index < -0.39 is 0 Å². The van der Waals surface area contributed by atoms with Gasteiger partial charge in [-0.15, -0.1) is 0 Å². The van der Waals surface area contributed by atoms with Gasteiger partial charge in [-0.1, -0.05) is 23.7 Å². The van der Waals surface area contributed by atoms with E-state index in [4.69, 9.17) is 16.6 Å². The van der Waals surface area contributed by atoms with Crippen LogP contribution in [-0.2, 0) is 0 Å². The van der Waals surface area contributed by atoms with Crippen LogP contribution < -0.4 is 10.2 Å². The van der Waals surface area contributed by atoms with Gasteiger partial charge in [-0.05, 0) is 38.1 Å².